The van der Waals surface area contributed by atoms with Gasteiger partial charge in [-0.15, -0.1) is 0 Å². The third-order valence-electron chi connectivity index (χ3n) is 2.79. The fourth-order valence-electron chi connectivity index (χ4n) is 1.76. The van der Waals surface area contributed by atoms with E-state index in [1.807, 2.05) is 6.07 Å². The summed E-state index contributed by atoms with van der Waals surface area (Å²) in [5.74, 6) is -0.101. The van der Waals surface area contributed by atoms with Gasteiger partial charge in [-0.25, -0.2) is 9.18 Å². The van der Waals surface area contributed by atoms with E-state index in [1.165, 1.54) is 12.1 Å². The molecule has 5 nitrogen and oxygen atoms in total. The van der Waals surface area contributed by atoms with Crippen LogP contribution in [0.15, 0.2) is 42.5 Å². The number of anilines is 1. The Morgan fingerprint density at radius 1 is 1.30 bits per heavy atom. The average Bonchev–Trinajstić information content (AvgIpc) is 2.53. The Bertz CT molecular complexity index is 746. The highest BCUT2D eigenvalue weighted by atomic mass is 35.5. The summed E-state index contributed by atoms with van der Waals surface area (Å²) in [6.45, 7) is 0.411. The van der Waals surface area contributed by atoms with Crippen molar-refractivity contribution in [1.29, 1.82) is 5.26 Å². The van der Waals surface area contributed by atoms with Gasteiger partial charge in [-0.3, -0.25) is 0 Å². The van der Waals surface area contributed by atoms with E-state index < -0.39 is 11.8 Å². The zero-order chi connectivity index (χ0) is 16.7. The van der Waals surface area contributed by atoms with E-state index in [2.05, 4.69) is 10.6 Å². The maximum atomic E-state index is 12.9. The number of amides is 2. The quantitative estimate of drug-likeness (QED) is 0.822. The maximum absolute atomic E-state index is 12.9. The standard InChI is InChI=1S/C16H13ClFN3O2/c17-14-9-12(18)4-5-15(14)23-7-6-20-16(22)21-13-3-1-2-11(8-13)10-19/h1-5,8-9H,6-7H2,(H2,20,21,22). The average molecular weight is 334 g/mol. The predicted octanol–water partition coefficient (Wildman–Crippen LogP) is 3.55. The summed E-state index contributed by atoms with van der Waals surface area (Å²) in [6, 6.07) is 11.9. The molecule has 7 heteroatoms. The van der Waals surface area contributed by atoms with Gasteiger partial charge in [-0.05, 0) is 36.4 Å². The van der Waals surface area contributed by atoms with Crippen LogP contribution in [0.1, 0.15) is 5.56 Å². The number of urea groups is 1. The Hall–Kier alpha value is -2.78. The number of benzene rings is 2. The minimum absolute atomic E-state index is 0.169. The van der Waals surface area contributed by atoms with E-state index in [0.717, 1.165) is 6.07 Å². The van der Waals surface area contributed by atoms with Crippen molar-refractivity contribution >= 4 is 23.3 Å². The molecular weight excluding hydrogens is 321 g/mol. The van der Waals surface area contributed by atoms with Crippen LogP contribution in [-0.2, 0) is 0 Å². The molecule has 2 N–H and O–H groups in total. The first-order valence-electron chi connectivity index (χ1n) is 6.71. The summed E-state index contributed by atoms with van der Waals surface area (Å²) < 4.78 is 18.2. The number of carbonyl (C=O) groups excluding carboxylic acids is 1. The Kier molecular flexibility index (Phi) is 5.78. The van der Waals surface area contributed by atoms with E-state index in [0.29, 0.717) is 17.0 Å². The lowest BCUT2D eigenvalue weighted by Crippen LogP contribution is -2.32. The molecule has 0 aliphatic rings. The molecule has 118 valence electrons. The van der Waals surface area contributed by atoms with Gasteiger partial charge in [0.15, 0.2) is 0 Å². The molecule has 0 saturated carbocycles. The highest BCUT2D eigenvalue weighted by Gasteiger charge is 2.04. The highest BCUT2D eigenvalue weighted by molar-refractivity contribution is 6.32. The van der Waals surface area contributed by atoms with E-state index in [-0.39, 0.29) is 18.2 Å². The van der Waals surface area contributed by atoms with Crippen LogP contribution in [0, 0.1) is 17.1 Å². The molecule has 0 atom stereocenters. The normalized spacial score (nSPS) is 9.78. The second-order valence-electron chi connectivity index (χ2n) is 4.50. The third-order valence-corrected chi connectivity index (χ3v) is 3.08. The summed E-state index contributed by atoms with van der Waals surface area (Å²) >= 11 is 5.82. The minimum Gasteiger partial charge on any atom is -0.490 e. The number of halogens is 2. The van der Waals surface area contributed by atoms with Gasteiger partial charge in [-0.2, -0.15) is 5.26 Å². The van der Waals surface area contributed by atoms with Crippen LogP contribution >= 0.6 is 11.6 Å². The van der Waals surface area contributed by atoms with E-state index >= 15 is 0 Å². The third kappa shape index (κ3) is 5.16. The molecule has 2 aromatic rings. The Balaban J connectivity index is 1.75. The number of ether oxygens (including phenoxy) is 1. The number of rotatable bonds is 5. The van der Waals surface area contributed by atoms with Crippen LogP contribution in [0.2, 0.25) is 5.02 Å². The van der Waals surface area contributed by atoms with Crippen LogP contribution in [0.5, 0.6) is 5.75 Å². The molecule has 0 aromatic heterocycles. The zero-order valence-electron chi connectivity index (χ0n) is 12.0. The number of hydrogen-bond donors (Lipinski definition) is 2. The van der Waals surface area contributed by atoms with Crippen molar-refractivity contribution in [2.24, 2.45) is 0 Å². The summed E-state index contributed by atoms with van der Waals surface area (Å²) in [4.78, 5) is 11.7. The molecule has 2 aromatic carbocycles. The van der Waals surface area contributed by atoms with Crippen LogP contribution in [-0.4, -0.2) is 19.2 Å². The molecule has 0 spiro atoms. The number of nitriles is 1. The van der Waals surface area contributed by atoms with Gasteiger partial charge < -0.3 is 15.4 Å². The second kappa shape index (κ2) is 8.01. The molecule has 0 fully saturated rings. The topological polar surface area (TPSA) is 74.2 Å². The first kappa shape index (κ1) is 16.6. The number of carbonyl (C=O) groups is 1. The van der Waals surface area contributed by atoms with Crippen LogP contribution in [0.3, 0.4) is 0 Å². The zero-order valence-corrected chi connectivity index (χ0v) is 12.7. The molecule has 0 radical (unpaired) electrons. The summed E-state index contributed by atoms with van der Waals surface area (Å²) in [5.41, 5.74) is 0.973. The van der Waals surface area contributed by atoms with Gasteiger partial charge in [-0.1, -0.05) is 17.7 Å². The lowest BCUT2D eigenvalue weighted by molar-refractivity contribution is 0.247. The lowest BCUT2D eigenvalue weighted by Gasteiger charge is -2.10. The molecule has 0 aliphatic carbocycles. The van der Waals surface area contributed by atoms with Crippen LogP contribution in [0.4, 0.5) is 14.9 Å². The minimum atomic E-state index is -0.445. The van der Waals surface area contributed by atoms with Gasteiger partial charge >= 0.3 is 6.03 Å². The Morgan fingerprint density at radius 2 is 2.13 bits per heavy atom. The molecule has 0 unspecified atom stereocenters. The Morgan fingerprint density at radius 3 is 2.87 bits per heavy atom. The molecule has 0 aliphatic heterocycles. The van der Waals surface area contributed by atoms with Crippen molar-refractivity contribution in [3.8, 4) is 11.8 Å². The van der Waals surface area contributed by atoms with E-state index in [4.69, 9.17) is 21.6 Å². The van der Waals surface area contributed by atoms with Crippen LogP contribution < -0.4 is 15.4 Å². The van der Waals surface area contributed by atoms with Gasteiger partial charge in [0.1, 0.15) is 18.2 Å². The molecule has 2 amide bonds. The Labute approximate surface area is 137 Å². The highest BCUT2D eigenvalue weighted by Crippen LogP contribution is 2.24. The fraction of sp³-hybridized carbons (Fsp3) is 0.125. The number of hydrogen-bond acceptors (Lipinski definition) is 3. The fourth-order valence-corrected chi connectivity index (χ4v) is 1.98. The van der Waals surface area contributed by atoms with Crippen molar-refractivity contribution in [1.82, 2.24) is 5.32 Å². The van der Waals surface area contributed by atoms with Crippen LogP contribution in [0.25, 0.3) is 0 Å². The second-order valence-corrected chi connectivity index (χ2v) is 4.90. The molecule has 0 heterocycles. The number of nitrogens with one attached hydrogen (secondary N) is 2. The first-order chi connectivity index (χ1) is 11.1. The molecule has 0 saturated heterocycles. The van der Waals surface area contributed by atoms with Crippen molar-refractivity contribution in [2.75, 3.05) is 18.5 Å². The van der Waals surface area contributed by atoms with Crippen molar-refractivity contribution < 1.29 is 13.9 Å². The van der Waals surface area contributed by atoms with Gasteiger partial charge in [0.25, 0.3) is 0 Å². The SMILES string of the molecule is N#Cc1cccc(NC(=O)NCCOc2ccc(F)cc2Cl)c1. The first-order valence-corrected chi connectivity index (χ1v) is 7.09. The molecule has 0 bridgehead atoms. The largest absolute Gasteiger partial charge is 0.490 e. The summed E-state index contributed by atoms with van der Waals surface area (Å²) in [7, 11) is 0. The summed E-state index contributed by atoms with van der Waals surface area (Å²) in [5, 5.41) is 14.2. The van der Waals surface area contributed by atoms with Gasteiger partial charge in [0, 0.05) is 5.69 Å². The molecular formula is C16H13ClFN3O2. The molecule has 23 heavy (non-hydrogen) atoms. The maximum Gasteiger partial charge on any atom is 0.319 e. The van der Waals surface area contributed by atoms with Crippen molar-refractivity contribution in [2.45, 2.75) is 0 Å². The van der Waals surface area contributed by atoms with Crippen molar-refractivity contribution in [3.63, 3.8) is 0 Å². The number of nitrogens with zero attached hydrogens (tertiary/aromatic N) is 1. The monoisotopic (exact) mass is 333 g/mol. The van der Waals surface area contributed by atoms with E-state index in [1.54, 1.807) is 24.3 Å². The summed E-state index contributed by atoms with van der Waals surface area (Å²) in [6.07, 6.45) is 0. The van der Waals surface area contributed by atoms with Gasteiger partial charge in [0.2, 0.25) is 0 Å². The lowest BCUT2D eigenvalue weighted by atomic mass is 10.2. The van der Waals surface area contributed by atoms with Gasteiger partial charge in [0.05, 0.1) is 23.2 Å². The smallest absolute Gasteiger partial charge is 0.319 e. The predicted molar refractivity (Wildman–Crippen MR) is 85.1 cm³/mol. The van der Waals surface area contributed by atoms with E-state index in [9.17, 15) is 9.18 Å². The van der Waals surface area contributed by atoms with Crippen molar-refractivity contribution in [3.05, 3.63) is 58.9 Å². The molecule has 2 rings (SSSR count).